The lowest BCUT2D eigenvalue weighted by Gasteiger charge is -2.09. The molecule has 2 rings (SSSR count). The highest BCUT2D eigenvalue weighted by Gasteiger charge is 2.08. The summed E-state index contributed by atoms with van der Waals surface area (Å²) in [5, 5.41) is 3.19. The van der Waals surface area contributed by atoms with Crippen LogP contribution in [0.5, 0.6) is 0 Å². The maximum atomic E-state index is 5.30. The van der Waals surface area contributed by atoms with Gasteiger partial charge in [0.1, 0.15) is 6.61 Å². The standard InChI is InChI=1S/C11H14N2O/c1-2-9-5-3-4-6-10(9)13-11-12-7-8-14-11/h3-6H,2,7-8H2,1H3,(H,12,13). The van der Waals surface area contributed by atoms with Crippen molar-refractivity contribution in [3.63, 3.8) is 0 Å². The molecule has 0 atom stereocenters. The number of ether oxygens (including phenoxy) is 1. The van der Waals surface area contributed by atoms with Crippen LogP contribution in [0.15, 0.2) is 29.3 Å². The molecule has 0 spiro atoms. The second kappa shape index (κ2) is 4.13. The molecule has 1 aliphatic rings. The Kier molecular flexibility index (Phi) is 2.68. The van der Waals surface area contributed by atoms with E-state index in [9.17, 15) is 0 Å². The molecule has 0 fully saturated rings. The predicted octanol–water partition coefficient (Wildman–Crippen LogP) is 2.05. The third kappa shape index (κ3) is 1.87. The van der Waals surface area contributed by atoms with Crippen LogP contribution in [0.4, 0.5) is 5.69 Å². The second-order valence-electron chi connectivity index (χ2n) is 3.17. The zero-order valence-corrected chi connectivity index (χ0v) is 8.29. The van der Waals surface area contributed by atoms with Crippen LogP contribution in [0.3, 0.4) is 0 Å². The molecule has 0 bridgehead atoms. The van der Waals surface area contributed by atoms with Gasteiger partial charge < -0.3 is 10.1 Å². The first kappa shape index (κ1) is 9.06. The fourth-order valence-electron chi connectivity index (χ4n) is 1.48. The van der Waals surface area contributed by atoms with E-state index in [1.165, 1.54) is 5.56 Å². The maximum Gasteiger partial charge on any atom is 0.289 e. The van der Waals surface area contributed by atoms with Gasteiger partial charge in [0.15, 0.2) is 0 Å². The van der Waals surface area contributed by atoms with Gasteiger partial charge in [-0.05, 0) is 18.1 Å². The minimum Gasteiger partial charge on any atom is -0.463 e. The van der Waals surface area contributed by atoms with Crippen molar-refractivity contribution in [3.05, 3.63) is 29.8 Å². The molecule has 1 N–H and O–H groups in total. The number of anilines is 1. The monoisotopic (exact) mass is 190 g/mol. The van der Waals surface area contributed by atoms with Crippen molar-refractivity contribution >= 4 is 11.7 Å². The van der Waals surface area contributed by atoms with Crippen LogP contribution in [0, 0.1) is 0 Å². The molecule has 1 aromatic rings. The Hall–Kier alpha value is -1.51. The van der Waals surface area contributed by atoms with Crippen molar-refractivity contribution in [1.82, 2.24) is 0 Å². The van der Waals surface area contributed by atoms with Crippen molar-refractivity contribution in [2.24, 2.45) is 4.99 Å². The molecule has 1 aromatic carbocycles. The van der Waals surface area contributed by atoms with Crippen molar-refractivity contribution in [1.29, 1.82) is 0 Å². The van der Waals surface area contributed by atoms with Crippen LogP contribution in [0.1, 0.15) is 12.5 Å². The maximum absolute atomic E-state index is 5.30. The lowest BCUT2D eigenvalue weighted by molar-refractivity contribution is 0.346. The molecule has 74 valence electrons. The van der Waals surface area contributed by atoms with Crippen LogP contribution in [-0.2, 0) is 11.2 Å². The van der Waals surface area contributed by atoms with Gasteiger partial charge in [-0.3, -0.25) is 0 Å². The Bertz CT molecular complexity index is 347. The first-order valence-electron chi connectivity index (χ1n) is 4.92. The molecule has 0 amide bonds. The summed E-state index contributed by atoms with van der Waals surface area (Å²) in [6.45, 7) is 3.59. The zero-order chi connectivity index (χ0) is 9.80. The van der Waals surface area contributed by atoms with Gasteiger partial charge in [0.25, 0.3) is 6.02 Å². The minimum absolute atomic E-state index is 0.644. The van der Waals surface area contributed by atoms with E-state index in [0.29, 0.717) is 12.6 Å². The summed E-state index contributed by atoms with van der Waals surface area (Å²) in [5.74, 6) is 0. The van der Waals surface area contributed by atoms with E-state index in [2.05, 4.69) is 23.3 Å². The van der Waals surface area contributed by atoms with Crippen molar-refractivity contribution in [2.75, 3.05) is 18.5 Å². The molecule has 3 nitrogen and oxygen atoms in total. The predicted molar refractivity (Wildman–Crippen MR) is 57.7 cm³/mol. The van der Waals surface area contributed by atoms with Crippen LogP contribution in [-0.4, -0.2) is 19.2 Å². The summed E-state index contributed by atoms with van der Waals surface area (Å²) in [6.07, 6.45) is 1.01. The molecule has 14 heavy (non-hydrogen) atoms. The van der Waals surface area contributed by atoms with Gasteiger partial charge in [-0.25, -0.2) is 4.99 Å². The van der Waals surface area contributed by atoms with Crippen LogP contribution < -0.4 is 5.32 Å². The Balaban J connectivity index is 2.15. The largest absolute Gasteiger partial charge is 0.463 e. The molecule has 0 aromatic heterocycles. The van der Waals surface area contributed by atoms with E-state index in [1.54, 1.807) is 0 Å². The summed E-state index contributed by atoms with van der Waals surface area (Å²) in [4.78, 5) is 4.19. The van der Waals surface area contributed by atoms with E-state index in [-0.39, 0.29) is 0 Å². The van der Waals surface area contributed by atoms with Gasteiger partial charge in [0.05, 0.1) is 6.54 Å². The van der Waals surface area contributed by atoms with Gasteiger partial charge in [-0.2, -0.15) is 0 Å². The van der Waals surface area contributed by atoms with E-state index in [1.807, 2.05) is 18.2 Å². The Morgan fingerprint density at radius 2 is 2.29 bits per heavy atom. The number of nitrogens with one attached hydrogen (secondary N) is 1. The number of hydrogen-bond acceptors (Lipinski definition) is 3. The van der Waals surface area contributed by atoms with Gasteiger partial charge >= 0.3 is 0 Å². The number of aryl methyl sites for hydroxylation is 1. The van der Waals surface area contributed by atoms with E-state index in [4.69, 9.17) is 4.74 Å². The van der Waals surface area contributed by atoms with Crippen molar-refractivity contribution in [3.8, 4) is 0 Å². The zero-order valence-electron chi connectivity index (χ0n) is 8.29. The Morgan fingerprint density at radius 1 is 1.43 bits per heavy atom. The molecule has 0 radical (unpaired) electrons. The SMILES string of the molecule is CCc1ccccc1NC1=NCCO1. The molecule has 0 aliphatic carbocycles. The summed E-state index contributed by atoms with van der Waals surface area (Å²) < 4.78 is 5.30. The lowest BCUT2D eigenvalue weighted by atomic mass is 10.1. The number of benzene rings is 1. The molecule has 0 saturated heterocycles. The van der Waals surface area contributed by atoms with Gasteiger partial charge in [-0.1, -0.05) is 25.1 Å². The highest BCUT2D eigenvalue weighted by atomic mass is 16.5. The molecule has 0 unspecified atom stereocenters. The van der Waals surface area contributed by atoms with Crippen LogP contribution in [0.25, 0.3) is 0 Å². The third-order valence-electron chi connectivity index (χ3n) is 2.23. The Morgan fingerprint density at radius 3 is 3.00 bits per heavy atom. The number of amidine groups is 1. The smallest absolute Gasteiger partial charge is 0.289 e. The van der Waals surface area contributed by atoms with Crippen molar-refractivity contribution in [2.45, 2.75) is 13.3 Å². The summed E-state index contributed by atoms with van der Waals surface area (Å²) >= 11 is 0. The Labute approximate surface area is 83.8 Å². The first-order chi connectivity index (χ1) is 6.90. The average Bonchev–Trinajstić information content (AvgIpc) is 2.71. The quantitative estimate of drug-likeness (QED) is 0.774. The van der Waals surface area contributed by atoms with Crippen LogP contribution >= 0.6 is 0 Å². The van der Waals surface area contributed by atoms with E-state index >= 15 is 0 Å². The fraction of sp³-hybridized carbons (Fsp3) is 0.364. The highest BCUT2D eigenvalue weighted by Crippen LogP contribution is 2.16. The molecule has 1 aliphatic heterocycles. The minimum atomic E-state index is 0.644. The lowest BCUT2D eigenvalue weighted by Crippen LogP contribution is -2.12. The number of aliphatic imine (C=N–C) groups is 1. The number of hydrogen-bond donors (Lipinski definition) is 1. The summed E-state index contributed by atoms with van der Waals surface area (Å²) in [6, 6.07) is 8.85. The first-order valence-corrected chi connectivity index (χ1v) is 4.92. The number of para-hydroxylation sites is 1. The van der Waals surface area contributed by atoms with Crippen molar-refractivity contribution < 1.29 is 4.74 Å². The third-order valence-corrected chi connectivity index (χ3v) is 2.23. The molecule has 1 heterocycles. The average molecular weight is 190 g/mol. The second-order valence-corrected chi connectivity index (χ2v) is 3.17. The highest BCUT2D eigenvalue weighted by molar-refractivity contribution is 5.90. The summed E-state index contributed by atoms with van der Waals surface area (Å²) in [5.41, 5.74) is 2.38. The van der Waals surface area contributed by atoms with Crippen LogP contribution in [0.2, 0.25) is 0 Å². The number of rotatable bonds is 2. The van der Waals surface area contributed by atoms with Gasteiger partial charge in [-0.15, -0.1) is 0 Å². The van der Waals surface area contributed by atoms with E-state index < -0.39 is 0 Å². The van der Waals surface area contributed by atoms with E-state index in [0.717, 1.165) is 18.7 Å². The molecular weight excluding hydrogens is 176 g/mol. The molecule has 0 saturated carbocycles. The van der Waals surface area contributed by atoms with Gasteiger partial charge in [0, 0.05) is 5.69 Å². The molecule has 3 heteroatoms. The fourth-order valence-corrected chi connectivity index (χ4v) is 1.48. The summed E-state index contributed by atoms with van der Waals surface area (Å²) in [7, 11) is 0. The molecular formula is C11H14N2O. The van der Waals surface area contributed by atoms with Gasteiger partial charge in [0.2, 0.25) is 0 Å². The topological polar surface area (TPSA) is 33.6 Å². The normalized spacial score (nSPS) is 14.8. The number of nitrogens with zero attached hydrogens (tertiary/aromatic N) is 1.